The van der Waals surface area contributed by atoms with E-state index in [9.17, 15) is 20.3 Å². The van der Waals surface area contributed by atoms with Crippen LogP contribution in [0.4, 0.5) is 11.5 Å². The molecule has 1 aliphatic rings. The van der Waals surface area contributed by atoms with Crippen molar-refractivity contribution in [3.63, 3.8) is 0 Å². The predicted molar refractivity (Wildman–Crippen MR) is 107 cm³/mol. The molecular weight excluding hydrogens is 392 g/mol. The molecule has 158 valence electrons. The standard InChI is InChI=1S/C19H22N6O5/c1-10-3-4-12(13(5-10)25(28)29)11(2)23-18-17-19(21-8-20-18)24(9-22-17)16-6-14(27)15(7-26)30-16/h3-5,8-9,11,14-16,26-27H,6-7H2,1-2H3,(H,20,21,23)/t11?,14?,15-,16-/m1/s1. The van der Waals surface area contributed by atoms with Gasteiger partial charge in [-0.05, 0) is 25.5 Å². The third-order valence-electron chi connectivity index (χ3n) is 5.26. The molecule has 30 heavy (non-hydrogen) atoms. The largest absolute Gasteiger partial charge is 0.394 e. The Morgan fingerprint density at radius 3 is 2.90 bits per heavy atom. The lowest BCUT2D eigenvalue weighted by Crippen LogP contribution is -2.24. The number of hydrogen-bond acceptors (Lipinski definition) is 9. The van der Waals surface area contributed by atoms with Gasteiger partial charge in [0, 0.05) is 12.5 Å². The van der Waals surface area contributed by atoms with E-state index < -0.39 is 29.4 Å². The minimum Gasteiger partial charge on any atom is -0.394 e. The SMILES string of the molecule is Cc1ccc(C(C)Nc2ncnc3c2ncn3[C@H]2CC(O)[C@@H](CO)O2)c([N+](=O)[O-])c1. The van der Waals surface area contributed by atoms with E-state index in [4.69, 9.17) is 4.74 Å². The molecular formula is C19H22N6O5. The summed E-state index contributed by atoms with van der Waals surface area (Å²) >= 11 is 0. The number of nitrogens with one attached hydrogen (secondary N) is 1. The molecule has 0 amide bonds. The lowest BCUT2D eigenvalue weighted by molar-refractivity contribution is -0.385. The zero-order valence-corrected chi connectivity index (χ0v) is 16.5. The first-order valence-corrected chi connectivity index (χ1v) is 9.52. The van der Waals surface area contributed by atoms with Crippen molar-refractivity contribution >= 4 is 22.7 Å². The summed E-state index contributed by atoms with van der Waals surface area (Å²) in [5.74, 6) is 0.429. The third-order valence-corrected chi connectivity index (χ3v) is 5.26. The van der Waals surface area contributed by atoms with Crippen LogP contribution >= 0.6 is 0 Å². The molecule has 0 bridgehead atoms. The highest BCUT2D eigenvalue weighted by Crippen LogP contribution is 2.33. The van der Waals surface area contributed by atoms with Gasteiger partial charge in [-0.1, -0.05) is 6.07 Å². The van der Waals surface area contributed by atoms with Gasteiger partial charge in [0.2, 0.25) is 0 Å². The number of aliphatic hydroxyl groups excluding tert-OH is 2. The van der Waals surface area contributed by atoms with Gasteiger partial charge in [-0.25, -0.2) is 15.0 Å². The Morgan fingerprint density at radius 2 is 2.20 bits per heavy atom. The summed E-state index contributed by atoms with van der Waals surface area (Å²) in [5, 5.41) is 33.9. The molecule has 11 nitrogen and oxygen atoms in total. The van der Waals surface area contributed by atoms with Gasteiger partial charge in [0.25, 0.3) is 5.69 Å². The highest BCUT2D eigenvalue weighted by atomic mass is 16.6. The van der Waals surface area contributed by atoms with Crippen molar-refractivity contribution in [3.05, 3.63) is 52.1 Å². The molecule has 0 aliphatic carbocycles. The number of nitrogens with zero attached hydrogens (tertiary/aromatic N) is 5. The van der Waals surface area contributed by atoms with Crippen molar-refractivity contribution in [2.75, 3.05) is 11.9 Å². The average Bonchev–Trinajstić information content (AvgIpc) is 3.31. The van der Waals surface area contributed by atoms with Crippen LogP contribution < -0.4 is 5.32 Å². The van der Waals surface area contributed by atoms with E-state index in [-0.39, 0.29) is 12.3 Å². The second-order valence-corrected chi connectivity index (χ2v) is 7.35. The molecule has 2 aromatic heterocycles. The molecule has 3 heterocycles. The van der Waals surface area contributed by atoms with E-state index in [1.54, 1.807) is 23.9 Å². The Morgan fingerprint density at radius 1 is 1.40 bits per heavy atom. The molecule has 4 rings (SSSR count). The van der Waals surface area contributed by atoms with Crippen molar-refractivity contribution < 1.29 is 19.9 Å². The van der Waals surface area contributed by atoms with E-state index in [0.717, 1.165) is 5.56 Å². The van der Waals surface area contributed by atoms with E-state index in [1.165, 1.54) is 12.4 Å². The van der Waals surface area contributed by atoms with Gasteiger partial charge >= 0.3 is 0 Å². The van der Waals surface area contributed by atoms with Gasteiger partial charge in [0.15, 0.2) is 17.0 Å². The molecule has 11 heteroatoms. The zero-order chi connectivity index (χ0) is 21.4. The number of rotatable bonds is 6. The van der Waals surface area contributed by atoms with Crippen LogP contribution in [0.15, 0.2) is 30.9 Å². The number of hydrogen-bond donors (Lipinski definition) is 3. The second-order valence-electron chi connectivity index (χ2n) is 7.35. The molecule has 1 aliphatic heterocycles. The number of fused-ring (bicyclic) bond motifs is 1. The van der Waals surface area contributed by atoms with Crippen molar-refractivity contribution in [1.82, 2.24) is 19.5 Å². The second kappa shape index (κ2) is 7.94. The monoisotopic (exact) mass is 414 g/mol. The smallest absolute Gasteiger partial charge is 0.274 e. The Labute approximate surface area is 171 Å². The minimum absolute atomic E-state index is 0.0363. The molecule has 1 fully saturated rings. The van der Waals surface area contributed by atoms with Gasteiger partial charge in [-0.15, -0.1) is 0 Å². The van der Waals surface area contributed by atoms with Crippen LogP contribution in [0, 0.1) is 17.0 Å². The number of nitro benzene ring substituents is 1. The summed E-state index contributed by atoms with van der Waals surface area (Å²) in [4.78, 5) is 24.0. The van der Waals surface area contributed by atoms with Gasteiger partial charge in [0.1, 0.15) is 18.7 Å². The molecule has 4 atom stereocenters. The van der Waals surface area contributed by atoms with E-state index in [2.05, 4.69) is 20.3 Å². The van der Waals surface area contributed by atoms with Crippen molar-refractivity contribution in [2.24, 2.45) is 0 Å². The average molecular weight is 414 g/mol. The summed E-state index contributed by atoms with van der Waals surface area (Å²) in [7, 11) is 0. The van der Waals surface area contributed by atoms with Gasteiger partial charge in [-0.2, -0.15) is 0 Å². The number of aryl methyl sites for hydroxylation is 1. The summed E-state index contributed by atoms with van der Waals surface area (Å²) in [6.45, 7) is 3.34. The van der Waals surface area contributed by atoms with E-state index in [1.807, 2.05) is 13.0 Å². The fraction of sp³-hybridized carbons (Fsp3) is 0.421. The molecule has 1 aromatic carbocycles. The van der Waals surface area contributed by atoms with Crippen molar-refractivity contribution in [2.45, 2.75) is 44.7 Å². The summed E-state index contributed by atoms with van der Waals surface area (Å²) in [5.41, 5.74) is 2.35. The Bertz CT molecular complexity index is 1090. The molecule has 2 unspecified atom stereocenters. The molecule has 0 radical (unpaired) electrons. The maximum atomic E-state index is 11.5. The van der Waals surface area contributed by atoms with Crippen LogP contribution in [0.1, 0.15) is 36.7 Å². The van der Waals surface area contributed by atoms with Crippen LogP contribution in [-0.4, -0.2) is 53.5 Å². The zero-order valence-electron chi connectivity index (χ0n) is 16.5. The predicted octanol–water partition coefficient (Wildman–Crippen LogP) is 1.86. The Hall–Kier alpha value is -3.15. The third kappa shape index (κ3) is 3.58. The minimum atomic E-state index is -0.779. The first-order chi connectivity index (χ1) is 14.4. The van der Waals surface area contributed by atoms with Crippen LogP contribution in [-0.2, 0) is 4.74 Å². The number of anilines is 1. The number of benzene rings is 1. The molecule has 3 N–H and O–H groups in total. The lowest BCUT2D eigenvalue weighted by Gasteiger charge is -2.16. The highest BCUT2D eigenvalue weighted by molar-refractivity contribution is 5.83. The van der Waals surface area contributed by atoms with Crippen LogP contribution in [0.3, 0.4) is 0 Å². The molecule has 0 spiro atoms. The topological polar surface area (TPSA) is 148 Å². The number of aliphatic hydroxyl groups is 2. The van der Waals surface area contributed by atoms with Crippen LogP contribution in [0.5, 0.6) is 0 Å². The lowest BCUT2D eigenvalue weighted by atomic mass is 10.0. The van der Waals surface area contributed by atoms with Crippen molar-refractivity contribution in [1.29, 1.82) is 0 Å². The van der Waals surface area contributed by atoms with Crippen LogP contribution in [0.2, 0.25) is 0 Å². The molecule has 0 saturated carbocycles. The first-order valence-electron chi connectivity index (χ1n) is 9.52. The quantitative estimate of drug-likeness (QED) is 0.406. The number of aromatic nitrogens is 4. The highest BCUT2D eigenvalue weighted by Gasteiger charge is 2.35. The number of nitro groups is 1. The van der Waals surface area contributed by atoms with Gasteiger partial charge in [0.05, 0.1) is 35.6 Å². The Balaban J connectivity index is 1.64. The first kappa shape index (κ1) is 20.1. The van der Waals surface area contributed by atoms with Gasteiger partial charge < -0.3 is 20.3 Å². The fourth-order valence-electron chi connectivity index (χ4n) is 3.68. The summed E-state index contributed by atoms with van der Waals surface area (Å²) in [6, 6.07) is 4.69. The maximum Gasteiger partial charge on any atom is 0.274 e. The van der Waals surface area contributed by atoms with Gasteiger partial charge in [-0.3, -0.25) is 14.7 Å². The number of imidazole rings is 1. The normalized spacial score (nSPS) is 22.3. The fourth-order valence-corrected chi connectivity index (χ4v) is 3.68. The van der Waals surface area contributed by atoms with Crippen LogP contribution in [0.25, 0.3) is 11.2 Å². The van der Waals surface area contributed by atoms with E-state index in [0.29, 0.717) is 29.0 Å². The summed E-state index contributed by atoms with van der Waals surface area (Å²) < 4.78 is 7.37. The molecule has 3 aromatic rings. The van der Waals surface area contributed by atoms with Crippen molar-refractivity contribution in [3.8, 4) is 0 Å². The maximum absolute atomic E-state index is 11.5. The van der Waals surface area contributed by atoms with E-state index >= 15 is 0 Å². The number of ether oxygens (including phenoxy) is 1. The molecule has 1 saturated heterocycles. The summed E-state index contributed by atoms with van der Waals surface area (Å²) in [6.07, 6.45) is 1.26. The Kier molecular flexibility index (Phi) is 5.33.